The van der Waals surface area contributed by atoms with Crippen LogP contribution in [-0.4, -0.2) is 37.1 Å². The lowest BCUT2D eigenvalue weighted by Gasteiger charge is -2.34. The number of nitrogens with zero attached hydrogens (tertiary/aromatic N) is 1. The summed E-state index contributed by atoms with van der Waals surface area (Å²) in [5.74, 6) is 1.70. The van der Waals surface area contributed by atoms with Gasteiger partial charge >= 0.3 is 0 Å². The van der Waals surface area contributed by atoms with Crippen LogP contribution in [0, 0.1) is 11.8 Å². The van der Waals surface area contributed by atoms with Crippen molar-refractivity contribution in [3.05, 3.63) is 0 Å². The quantitative estimate of drug-likeness (QED) is 0.775. The van der Waals surface area contributed by atoms with Gasteiger partial charge in [0, 0.05) is 18.6 Å². The smallest absolute Gasteiger partial charge is 0.0197 e. The molecule has 0 bridgehead atoms. The highest BCUT2D eigenvalue weighted by atomic mass is 15.1. The largest absolute Gasteiger partial charge is 0.313 e. The Morgan fingerprint density at radius 1 is 1.31 bits per heavy atom. The zero-order valence-corrected chi connectivity index (χ0v) is 11.8. The van der Waals surface area contributed by atoms with Crippen molar-refractivity contribution in [1.82, 2.24) is 10.2 Å². The molecule has 1 aliphatic heterocycles. The van der Waals surface area contributed by atoms with Gasteiger partial charge in [-0.25, -0.2) is 0 Å². The average Bonchev–Trinajstić information content (AvgIpc) is 2.16. The minimum absolute atomic E-state index is 0.707. The summed E-state index contributed by atoms with van der Waals surface area (Å²) in [6.07, 6.45) is 4.00. The van der Waals surface area contributed by atoms with Gasteiger partial charge in [-0.3, -0.25) is 0 Å². The fourth-order valence-corrected chi connectivity index (χ4v) is 2.75. The third kappa shape index (κ3) is 4.84. The molecule has 96 valence electrons. The van der Waals surface area contributed by atoms with Crippen molar-refractivity contribution in [1.29, 1.82) is 0 Å². The Morgan fingerprint density at radius 3 is 2.56 bits per heavy atom. The first-order valence-corrected chi connectivity index (χ1v) is 6.92. The summed E-state index contributed by atoms with van der Waals surface area (Å²) >= 11 is 0. The fourth-order valence-electron chi connectivity index (χ4n) is 2.75. The van der Waals surface area contributed by atoms with Gasteiger partial charge in [0.2, 0.25) is 0 Å². The minimum Gasteiger partial charge on any atom is -0.313 e. The molecule has 1 aliphatic rings. The molecule has 0 aliphatic carbocycles. The van der Waals surface area contributed by atoms with Gasteiger partial charge < -0.3 is 10.2 Å². The summed E-state index contributed by atoms with van der Waals surface area (Å²) in [5.41, 5.74) is 0. The van der Waals surface area contributed by atoms with Crippen LogP contribution in [0.1, 0.15) is 47.0 Å². The molecule has 1 N–H and O–H groups in total. The molecule has 0 radical (unpaired) electrons. The van der Waals surface area contributed by atoms with E-state index in [0.29, 0.717) is 12.1 Å². The van der Waals surface area contributed by atoms with E-state index < -0.39 is 0 Å². The van der Waals surface area contributed by atoms with Crippen LogP contribution in [0.2, 0.25) is 0 Å². The normalized spacial score (nSPS) is 28.7. The van der Waals surface area contributed by atoms with Gasteiger partial charge in [0.05, 0.1) is 0 Å². The van der Waals surface area contributed by atoms with Crippen molar-refractivity contribution < 1.29 is 0 Å². The molecule has 2 heteroatoms. The summed E-state index contributed by atoms with van der Waals surface area (Å²) in [4.78, 5) is 2.52. The molecule has 16 heavy (non-hydrogen) atoms. The van der Waals surface area contributed by atoms with Crippen LogP contribution in [0.5, 0.6) is 0 Å². The molecule has 2 nitrogen and oxygen atoms in total. The van der Waals surface area contributed by atoms with E-state index in [1.165, 1.54) is 32.4 Å². The Kier molecular flexibility index (Phi) is 5.77. The highest BCUT2D eigenvalue weighted by molar-refractivity contribution is 4.80. The molecule has 0 saturated carbocycles. The number of nitrogens with one attached hydrogen (secondary N) is 1. The summed E-state index contributed by atoms with van der Waals surface area (Å²) in [6, 6.07) is 1.42. The van der Waals surface area contributed by atoms with Crippen LogP contribution < -0.4 is 5.32 Å². The maximum Gasteiger partial charge on any atom is 0.0197 e. The lowest BCUT2D eigenvalue weighted by atomic mass is 9.93. The molecule has 0 aromatic carbocycles. The Labute approximate surface area is 102 Å². The first kappa shape index (κ1) is 14.0. The van der Waals surface area contributed by atoms with Gasteiger partial charge in [-0.1, -0.05) is 20.8 Å². The number of piperidine rings is 1. The van der Waals surface area contributed by atoms with Gasteiger partial charge in [0.15, 0.2) is 0 Å². The van der Waals surface area contributed by atoms with Gasteiger partial charge in [-0.2, -0.15) is 0 Å². The molecular formula is C14H30N2. The van der Waals surface area contributed by atoms with E-state index in [0.717, 1.165) is 11.8 Å². The Morgan fingerprint density at radius 2 is 2.00 bits per heavy atom. The van der Waals surface area contributed by atoms with Gasteiger partial charge in [-0.05, 0) is 51.6 Å². The Hall–Kier alpha value is -0.0800. The SMILES string of the molecule is CC(C)CC(C)N(C)CC1CC(C)CCN1. The van der Waals surface area contributed by atoms with Crippen LogP contribution in [0.15, 0.2) is 0 Å². The lowest BCUT2D eigenvalue weighted by molar-refractivity contribution is 0.181. The van der Waals surface area contributed by atoms with E-state index in [9.17, 15) is 0 Å². The van der Waals surface area contributed by atoms with E-state index in [-0.39, 0.29) is 0 Å². The third-order valence-electron chi connectivity index (χ3n) is 3.83. The van der Waals surface area contributed by atoms with E-state index in [4.69, 9.17) is 0 Å². The van der Waals surface area contributed by atoms with Crippen molar-refractivity contribution >= 4 is 0 Å². The third-order valence-corrected chi connectivity index (χ3v) is 3.83. The molecule has 0 aromatic heterocycles. The summed E-state index contributed by atoms with van der Waals surface area (Å²) in [7, 11) is 2.27. The summed E-state index contributed by atoms with van der Waals surface area (Å²) in [6.45, 7) is 11.8. The van der Waals surface area contributed by atoms with Crippen LogP contribution in [0.25, 0.3) is 0 Å². The molecule has 3 atom stereocenters. The van der Waals surface area contributed by atoms with E-state index in [2.05, 4.69) is 45.0 Å². The molecule has 1 fully saturated rings. The van der Waals surface area contributed by atoms with Crippen molar-refractivity contribution in [2.24, 2.45) is 11.8 Å². The second-order valence-corrected chi connectivity index (χ2v) is 6.20. The zero-order valence-electron chi connectivity index (χ0n) is 11.8. The summed E-state index contributed by atoms with van der Waals surface area (Å²) in [5, 5.41) is 3.65. The predicted octanol–water partition coefficient (Wildman–Crippen LogP) is 2.74. The standard InChI is InChI=1S/C14H30N2/c1-11(2)8-13(4)16(5)10-14-9-12(3)6-7-15-14/h11-15H,6-10H2,1-5H3. The molecule has 0 aromatic rings. The second kappa shape index (κ2) is 6.61. The topological polar surface area (TPSA) is 15.3 Å². The van der Waals surface area contributed by atoms with Gasteiger partial charge in [0.25, 0.3) is 0 Å². The van der Waals surface area contributed by atoms with Crippen LogP contribution in [0.4, 0.5) is 0 Å². The fraction of sp³-hybridized carbons (Fsp3) is 1.00. The zero-order chi connectivity index (χ0) is 12.1. The van der Waals surface area contributed by atoms with Crippen molar-refractivity contribution in [3.8, 4) is 0 Å². The van der Waals surface area contributed by atoms with Gasteiger partial charge in [0.1, 0.15) is 0 Å². The molecule has 1 saturated heterocycles. The molecule has 3 unspecified atom stereocenters. The number of likely N-dealkylation sites (N-methyl/N-ethyl adjacent to an activating group) is 1. The first-order valence-electron chi connectivity index (χ1n) is 6.92. The number of hydrogen-bond donors (Lipinski definition) is 1. The van der Waals surface area contributed by atoms with Crippen LogP contribution >= 0.6 is 0 Å². The first-order chi connectivity index (χ1) is 7.49. The Balaban J connectivity index is 2.29. The molecule has 1 rings (SSSR count). The van der Waals surface area contributed by atoms with Crippen molar-refractivity contribution in [3.63, 3.8) is 0 Å². The van der Waals surface area contributed by atoms with E-state index in [1.807, 2.05) is 0 Å². The number of rotatable bonds is 5. The van der Waals surface area contributed by atoms with Crippen LogP contribution in [0.3, 0.4) is 0 Å². The Bertz CT molecular complexity index is 191. The molecule has 0 amide bonds. The average molecular weight is 226 g/mol. The maximum absolute atomic E-state index is 3.65. The number of hydrogen-bond acceptors (Lipinski definition) is 2. The van der Waals surface area contributed by atoms with Crippen molar-refractivity contribution in [2.75, 3.05) is 20.1 Å². The molecular weight excluding hydrogens is 196 g/mol. The maximum atomic E-state index is 3.65. The minimum atomic E-state index is 0.707. The van der Waals surface area contributed by atoms with E-state index in [1.54, 1.807) is 0 Å². The van der Waals surface area contributed by atoms with Crippen LogP contribution in [-0.2, 0) is 0 Å². The molecule has 1 heterocycles. The summed E-state index contributed by atoms with van der Waals surface area (Å²) < 4.78 is 0. The second-order valence-electron chi connectivity index (χ2n) is 6.20. The van der Waals surface area contributed by atoms with Crippen molar-refractivity contribution in [2.45, 2.75) is 59.0 Å². The highest BCUT2D eigenvalue weighted by Crippen LogP contribution is 2.17. The monoisotopic (exact) mass is 226 g/mol. The van der Waals surface area contributed by atoms with Gasteiger partial charge in [-0.15, -0.1) is 0 Å². The lowest BCUT2D eigenvalue weighted by Crippen LogP contribution is -2.46. The van der Waals surface area contributed by atoms with E-state index >= 15 is 0 Å². The molecule has 0 spiro atoms. The predicted molar refractivity (Wildman–Crippen MR) is 71.7 cm³/mol. The highest BCUT2D eigenvalue weighted by Gasteiger charge is 2.21.